The molecule has 19 heavy (non-hydrogen) atoms. The maximum absolute atomic E-state index is 4.75. The molecular weight excluding hydrogens is 234 g/mol. The Kier molecular flexibility index (Phi) is 2.09. The highest BCUT2D eigenvalue weighted by Crippen LogP contribution is 2.25. The summed E-state index contributed by atoms with van der Waals surface area (Å²) in [5.41, 5.74) is 6.12. The maximum Gasteiger partial charge on any atom is 0.157 e. The van der Waals surface area contributed by atoms with Gasteiger partial charge in [0.2, 0.25) is 0 Å². The molecule has 4 rings (SSSR count). The minimum Gasteiger partial charge on any atom is -0.338 e. The number of nitrogens with one attached hydrogen (secondary N) is 1. The zero-order valence-corrected chi connectivity index (χ0v) is 10.6. The monoisotopic (exact) mass is 247 g/mol. The number of aromatic nitrogens is 3. The number of hydrogen-bond acceptors (Lipinski definition) is 2. The first-order valence-corrected chi connectivity index (χ1v) is 6.52. The smallest absolute Gasteiger partial charge is 0.157 e. The van der Waals surface area contributed by atoms with Gasteiger partial charge in [-0.3, -0.25) is 0 Å². The molecule has 4 aromatic rings. The number of fused-ring (bicyclic) bond motifs is 4. The number of aryl methyl sites for hydroxylation is 1. The molecule has 0 spiro atoms. The van der Waals surface area contributed by atoms with Crippen LogP contribution in [0.1, 0.15) is 12.5 Å². The number of rotatable bonds is 1. The number of H-pyrrole nitrogens is 1. The summed E-state index contributed by atoms with van der Waals surface area (Å²) in [6.45, 7) is 2.16. The summed E-state index contributed by atoms with van der Waals surface area (Å²) in [5, 5.41) is 1.16. The van der Waals surface area contributed by atoms with Crippen molar-refractivity contribution in [3.05, 3.63) is 48.0 Å². The van der Waals surface area contributed by atoms with Crippen LogP contribution in [0, 0.1) is 0 Å². The van der Waals surface area contributed by atoms with E-state index in [4.69, 9.17) is 4.98 Å². The second kappa shape index (κ2) is 3.79. The number of hydrogen-bond donors (Lipinski definition) is 1. The van der Waals surface area contributed by atoms with Gasteiger partial charge in [0, 0.05) is 10.9 Å². The normalized spacial score (nSPS) is 11.6. The van der Waals surface area contributed by atoms with E-state index in [-0.39, 0.29) is 0 Å². The average molecular weight is 247 g/mol. The largest absolute Gasteiger partial charge is 0.338 e. The van der Waals surface area contributed by atoms with E-state index in [0.717, 1.165) is 39.5 Å². The van der Waals surface area contributed by atoms with Crippen LogP contribution in [0.2, 0.25) is 0 Å². The Labute approximate surface area is 110 Å². The van der Waals surface area contributed by atoms with Crippen molar-refractivity contribution in [1.29, 1.82) is 0 Å². The van der Waals surface area contributed by atoms with Crippen molar-refractivity contribution in [3.63, 3.8) is 0 Å². The maximum atomic E-state index is 4.75. The molecule has 0 aliphatic carbocycles. The highest BCUT2D eigenvalue weighted by molar-refractivity contribution is 6.05. The highest BCUT2D eigenvalue weighted by Gasteiger charge is 2.08. The summed E-state index contributed by atoms with van der Waals surface area (Å²) in [6, 6.07) is 14.4. The molecule has 0 fully saturated rings. The van der Waals surface area contributed by atoms with Gasteiger partial charge in [0.05, 0.1) is 11.0 Å². The lowest BCUT2D eigenvalue weighted by atomic mass is 10.1. The van der Waals surface area contributed by atoms with Crippen LogP contribution < -0.4 is 0 Å². The van der Waals surface area contributed by atoms with Crippen molar-refractivity contribution in [3.8, 4) is 0 Å². The van der Waals surface area contributed by atoms with Crippen LogP contribution in [-0.2, 0) is 6.42 Å². The second-order valence-electron chi connectivity index (χ2n) is 4.77. The third kappa shape index (κ3) is 1.51. The second-order valence-corrected chi connectivity index (χ2v) is 4.77. The lowest BCUT2D eigenvalue weighted by Gasteiger charge is -1.97. The number of aromatic amines is 1. The van der Waals surface area contributed by atoms with Crippen LogP contribution in [0.3, 0.4) is 0 Å². The Hall–Kier alpha value is -2.42. The van der Waals surface area contributed by atoms with E-state index in [1.807, 2.05) is 24.3 Å². The van der Waals surface area contributed by atoms with Crippen LogP contribution >= 0.6 is 0 Å². The first-order valence-electron chi connectivity index (χ1n) is 6.52. The number of para-hydroxylation sites is 2. The van der Waals surface area contributed by atoms with Gasteiger partial charge in [-0.15, -0.1) is 0 Å². The van der Waals surface area contributed by atoms with E-state index in [2.05, 4.69) is 35.1 Å². The lowest BCUT2D eigenvalue weighted by Crippen LogP contribution is -1.84. The molecule has 3 heteroatoms. The molecule has 2 heterocycles. The third-order valence-corrected chi connectivity index (χ3v) is 3.57. The fourth-order valence-corrected chi connectivity index (χ4v) is 2.52. The van der Waals surface area contributed by atoms with Crippen molar-refractivity contribution < 1.29 is 0 Å². The van der Waals surface area contributed by atoms with Crippen LogP contribution in [0.25, 0.3) is 33.1 Å². The van der Waals surface area contributed by atoms with E-state index in [1.165, 1.54) is 5.56 Å². The summed E-state index contributed by atoms with van der Waals surface area (Å²) in [4.78, 5) is 12.7. The van der Waals surface area contributed by atoms with E-state index < -0.39 is 0 Å². The Balaban J connectivity index is 2.17. The predicted octanol–water partition coefficient (Wildman–Crippen LogP) is 3.83. The Morgan fingerprint density at radius 3 is 2.58 bits per heavy atom. The molecule has 0 bridgehead atoms. The fourth-order valence-electron chi connectivity index (χ4n) is 2.52. The minimum atomic E-state index is 0.863. The van der Waals surface area contributed by atoms with Crippen LogP contribution in [0.4, 0.5) is 0 Å². The summed E-state index contributed by atoms with van der Waals surface area (Å²) in [7, 11) is 0. The molecule has 2 aromatic heterocycles. The first kappa shape index (κ1) is 10.5. The number of nitrogens with zero attached hydrogens (tertiary/aromatic N) is 2. The van der Waals surface area contributed by atoms with Gasteiger partial charge < -0.3 is 4.98 Å². The van der Waals surface area contributed by atoms with Gasteiger partial charge in [0.25, 0.3) is 0 Å². The van der Waals surface area contributed by atoms with Crippen molar-refractivity contribution in [2.24, 2.45) is 0 Å². The van der Waals surface area contributed by atoms with E-state index in [9.17, 15) is 0 Å². The van der Waals surface area contributed by atoms with Crippen LogP contribution in [0.15, 0.2) is 42.5 Å². The van der Waals surface area contributed by atoms with Crippen LogP contribution in [-0.4, -0.2) is 15.0 Å². The summed E-state index contributed by atoms with van der Waals surface area (Å²) in [5.74, 6) is 0. The molecular formula is C16H13N3. The average Bonchev–Trinajstić information content (AvgIpc) is 2.81. The highest BCUT2D eigenvalue weighted by atomic mass is 14.9. The fraction of sp³-hybridized carbons (Fsp3) is 0.125. The number of benzene rings is 2. The van der Waals surface area contributed by atoms with Crippen molar-refractivity contribution in [2.75, 3.05) is 0 Å². The molecule has 0 amide bonds. The molecule has 0 saturated carbocycles. The molecule has 92 valence electrons. The van der Waals surface area contributed by atoms with Crippen molar-refractivity contribution in [2.45, 2.75) is 13.3 Å². The Bertz CT molecular complexity index is 906. The molecule has 3 nitrogen and oxygen atoms in total. The van der Waals surface area contributed by atoms with E-state index in [0.29, 0.717) is 0 Å². The lowest BCUT2D eigenvalue weighted by molar-refractivity contribution is 1.15. The topological polar surface area (TPSA) is 41.6 Å². The quantitative estimate of drug-likeness (QED) is 0.555. The van der Waals surface area contributed by atoms with Gasteiger partial charge in [-0.05, 0) is 36.2 Å². The first-order chi connectivity index (χ1) is 9.35. The van der Waals surface area contributed by atoms with E-state index >= 15 is 0 Å². The predicted molar refractivity (Wildman–Crippen MR) is 78.3 cm³/mol. The van der Waals surface area contributed by atoms with Gasteiger partial charge in [0.1, 0.15) is 5.52 Å². The minimum absolute atomic E-state index is 0.863. The SMILES string of the molecule is CCc1ccc2[nH]c3nc4ccccc4nc3c2c1. The zero-order chi connectivity index (χ0) is 12.8. The molecule has 0 aliphatic rings. The van der Waals surface area contributed by atoms with Gasteiger partial charge in [-0.1, -0.05) is 25.1 Å². The molecule has 0 atom stereocenters. The van der Waals surface area contributed by atoms with Crippen molar-refractivity contribution in [1.82, 2.24) is 15.0 Å². The Morgan fingerprint density at radius 1 is 1.00 bits per heavy atom. The molecule has 0 unspecified atom stereocenters. The molecule has 0 saturated heterocycles. The molecule has 0 radical (unpaired) electrons. The summed E-state index contributed by atoms with van der Waals surface area (Å²) >= 11 is 0. The summed E-state index contributed by atoms with van der Waals surface area (Å²) < 4.78 is 0. The van der Waals surface area contributed by atoms with Crippen LogP contribution in [0.5, 0.6) is 0 Å². The van der Waals surface area contributed by atoms with Gasteiger partial charge >= 0.3 is 0 Å². The Morgan fingerprint density at radius 2 is 1.79 bits per heavy atom. The zero-order valence-electron chi connectivity index (χ0n) is 10.6. The van der Waals surface area contributed by atoms with Crippen molar-refractivity contribution >= 4 is 33.1 Å². The third-order valence-electron chi connectivity index (χ3n) is 3.57. The summed E-state index contributed by atoms with van der Waals surface area (Å²) in [6.07, 6.45) is 1.03. The molecule has 1 N–H and O–H groups in total. The van der Waals surface area contributed by atoms with Gasteiger partial charge in [-0.25, -0.2) is 9.97 Å². The van der Waals surface area contributed by atoms with E-state index in [1.54, 1.807) is 0 Å². The molecule has 0 aliphatic heterocycles. The standard InChI is InChI=1S/C16H13N3/c1-2-10-7-8-12-11(9-10)15-16(18-12)19-14-6-4-3-5-13(14)17-15/h3-9H,2H2,1H3,(H,18,19). The van der Waals surface area contributed by atoms with Gasteiger partial charge in [0.15, 0.2) is 5.65 Å². The molecule has 2 aromatic carbocycles. The van der Waals surface area contributed by atoms with Gasteiger partial charge in [-0.2, -0.15) is 0 Å².